The summed E-state index contributed by atoms with van der Waals surface area (Å²) in [7, 11) is 0. The number of hydrogen-bond donors (Lipinski definition) is 9. The van der Waals surface area contributed by atoms with E-state index >= 15 is 0 Å². The van der Waals surface area contributed by atoms with E-state index in [1.807, 2.05) is 42.5 Å². The lowest BCUT2D eigenvalue weighted by Crippen LogP contribution is -2.60. The van der Waals surface area contributed by atoms with Crippen molar-refractivity contribution in [2.24, 2.45) is 17.2 Å². The van der Waals surface area contributed by atoms with Crippen LogP contribution in [0.5, 0.6) is 0 Å². The summed E-state index contributed by atoms with van der Waals surface area (Å²) in [4.78, 5) is 85.4. The van der Waals surface area contributed by atoms with E-state index in [-0.39, 0.29) is 38.6 Å². The number of benzene rings is 3. The summed E-state index contributed by atoms with van der Waals surface area (Å²) in [5.41, 5.74) is 17.4. The molecule has 4 atom stereocenters. The number of fused-ring (bicyclic) bond motifs is 1. The van der Waals surface area contributed by atoms with Gasteiger partial charge in [-0.15, -0.1) is 0 Å². The van der Waals surface area contributed by atoms with Gasteiger partial charge in [-0.25, -0.2) is 9.78 Å². The highest BCUT2D eigenvalue weighted by atomic mass is 16.2. The zero-order valence-electron chi connectivity index (χ0n) is 30.3. The highest BCUT2D eigenvalue weighted by molar-refractivity contribution is 5.96. The van der Waals surface area contributed by atoms with Gasteiger partial charge in [0.05, 0.1) is 11.9 Å². The molecule has 0 saturated heterocycles. The number of aromatic amines is 1. The van der Waals surface area contributed by atoms with Crippen LogP contribution in [0.1, 0.15) is 43.5 Å². The van der Waals surface area contributed by atoms with Gasteiger partial charge in [0.25, 0.3) is 0 Å². The molecule has 12 N–H and O–H groups in total. The fourth-order valence-corrected chi connectivity index (χ4v) is 5.66. The first kappa shape index (κ1) is 40.5. The lowest BCUT2D eigenvalue weighted by Gasteiger charge is -2.27. The minimum atomic E-state index is -1.31. The van der Waals surface area contributed by atoms with Gasteiger partial charge in [0.2, 0.25) is 29.5 Å². The SMILES string of the molecule is CC(C)(N)C(=O)N[C@@H](Cc1cnc[nH]1)C(=O)NC(Cc1ccc2ccccc2c1)C(=O)N[C@H](Cc1ccccc1)C(=O)N[C@@H](CCCNC(N)=O)C(N)=O. The fraction of sp³-hybridized carbons (Fsp3) is 0.342. The number of amides is 7. The average molecular weight is 741 g/mol. The third kappa shape index (κ3) is 12.4. The molecule has 0 fully saturated rings. The van der Waals surface area contributed by atoms with Gasteiger partial charge in [-0.2, -0.15) is 0 Å². The highest BCUT2D eigenvalue weighted by Crippen LogP contribution is 2.17. The quantitative estimate of drug-likeness (QED) is 0.0598. The summed E-state index contributed by atoms with van der Waals surface area (Å²) in [6.45, 7) is 3.16. The number of rotatable bonds is 19. The lowest BCUT2D eigenvalue weighted by atomic mass is 9.99. The van der Waals surface area contributed by atoms with Crippen LogP contribution in [-0.2, 0) is 43.2 Å². The van der Waals surface area contributed by atoms with Crippen LogP contribution >= 0.6 is 0 Å². The van der Waals surface area contributed by atoms with Crippen molar-refractivity contribution in [2.45, 2.75) is 75.7 Å². The van der Waals surface area contributed by atoms with Crippen molar-refractivity contribution in [2.75, 3.05) is 6.54 Å². The molecule has 0 radical (unpaired) electrons. The van der Waals surface area contributed by atoms with Gasteiger partial charge < -0.3 is 48.8 Å². The zero-order chi connectivity index (χ0) is 39.3. The van der Waals surface area contributed by atoms with Crippen LogP contribution in [0.3, 0.4) is 0 Å². The first-order valence-electron chi connectivity index (χ1n) is 17.5. The second-order valence-corrected chi connectivity index (χ2v) is 13.6. The van der Waals surface area contributed by atoms with Crippen molar-refractivity contribution in [1.82, 2.24) is 36.6 Å². The Balaban J connectivity index is 1.63. The van der Waals surface area contributed by atoms with Crippen LogP contribution in [0.25, 0.3) is 10.8 Å². The number of carbonyl (C=O) groups is 6. The second kappa shape index (κ2) is 19.0. The Hall–Kier alpha value is -6.29. The maximum atomic E-state index is 14.3. The maximum absolute atomic E-state index is 14.3. The molecule has 0 bridgehead atoms. The van der Waals surface area contributed by atoms with E-state index in [2.05, 4.69) is 36.6 Å². The molecule has 1 aromatic heterocycles. The first-order valence-corrected chi connectivity index (χ1v) is 17.5. The van der Waals surface area contributed by atoms with Gasteiger partial charge in [0.15, 0.2) is 0 Å². The molecule has 0 spiro atoms. The summed E-state index contributed by atoms with van der Waals surface area (Å²) in [6.07, 6.45) is 3.40. The minimum absolute atomic E-state index is 0.0144. The number of urea groups is 1. The first-order chi connectivity index (χ1) is 25.7. The van der Waals surface area contributed by atoms with Crippen molar-refractivity contribution in [3.63, 3.8) is 0 Å². The number of nitrogens with zero attached hydrogens (tertiary/aromatic N) is 1. The van der Waals surface area contributed by atoms with E-state index in [9.17, 15) is 28.8 Å². The predicted molar refractivity (Wildman–Crippen MR) is 202 cm³/mol. The van der Waals surface area contributed by atoms with Crippen molar-refractivity contribution >= 4 is 46.3 Å². The lowest BCUT2D eigenvalue weighted by molar-refractivity contribution is -0.134. The minimum Gasteiger partial charge on any atom is -0.368 e. The Morgan fingerprint density at radius 1 is 0.704 bits per heavy atom. The molecule has 0 aliphatic carbocycles. The third-order valence-electron chi connectivity index (χ3n) is 8.62. The Morgan fingerprint density at radius 3 is 1.85 bits per heavy atom. The molecule has 16 heteroatoms. The van der Waals surface area contributed by atoms with Crippen LogP contribution < -0.4 is 43.8 Å². The average Bonchev–Trinajstić information content (AvgIpc) is 3.65. The second-order valence-electron chi connectivity index (χ2n) is 13.6. The molecule has 1 unspecified atom stereocenters. The van der Waals surface area contributed by atoms with Crippen molar-refractivity contribution in [3.05, 3.63) is 102 Å². The van der Waals surface area contributed by atoms with E-state index < -0.39 is 65.3 Å². The molecule has 1 heterocycles. The van der Waals surface area contributed by atoms with Crippen LogP contribution in [0, 0.1) is 0 Å². The number of H-pyrrole nitrogens is 1. The molecule has 16 nitrogen and oxygen atoms in total. The standard InChI is InChI=1S/C38H48N10O6/c1-38(2,41)36(53)48-31(20-27-21-42-22-44-27)35(52)47-30(19-24-14-15-25-11-6-7-12-26(25)17-24)34(51)46-29(18-23-9-4-3-5-10-23)33(50)45-28(32(39)49)13-8-16-43-37(40)54/h3-7,9-12,14-15,17,21-22,28-31H,8,13,16,18-20,41H2,1-2H3,(H2,39,49)(H,42,44)(H,45,50)(H,46,51)(H,47,52)(H,48,53)(H3,40,43,54)/t28-,29+,30?,31-/m0/s1. The Morgan fingerprint density at radius 2 is 1.28 bits per heavy atom. The number of imidazole rings is 1. The van der Waals surface area contributed by atoms with Gasteiger partial charge in [-0.1, -0.05) is 72.8 Å². The van der Waals surface area contributed by atoms with E-state index in [1.54, 1.807) is 30.3 Å². The van der Waals surface area contributed by atoms with Gasteiger partial charge in [-0.3, -0.25) is 24.0 Å². The highest BCUT2D eigenvalue weighted by Gasteiger charge is 2.33. The van der Waals surface area contributed by atoms with Gasteiger partial charge in [0.1, 0.15) is 24.2 Å². The summed E-state index contributed by atoms with van der Waals surface area (Å²) in [6, 6.07) is 16.8. The number of hydrogen-bond acceptors (Lipinski definition) is 8. The molecular weight excluding hydrogens is 692 g/mol. The van der Waals surface area contributed by atoms with E-state index in [0.717, 1.165) is 10.8 Å². The Kier molecular flexibility index (Phi) is 14.2. The molecular formula is C38H48N10O6. The molecule has 286 valence electrons. The van der Waals surface area contributed by atoms with E-state index in [4.69, 9.17) is 17.2 Å². The summed E-state index contributed by atoms with van der Waals surface area (Å²) < 4.78 is 0. The molecule has 4 aromatic rings. The largest absolute Gasteiger partial charge is 0.368 e. The number of aromatic nitrogens is 2. The van der Waals surface area contributed by atoms with Crippen LogP contribution in [0.2, 0.25) is 0 Å². The van der Waals surface area contributed by atoms with Crippen molar-refractivity contribution < 1.29 is 28.8 Å². The Bertz CT molecular complexity index is 1910. The number of nitrogens with two attached hydrogens (primary N) is 3. The summed E-state index contributed by atoms with van der Waals surface area (Å²) in [5, 5.41) is 15.2. The number of nitrogens with one attached hydrogen (secondary N) is 6. The van der Waals surface area contributed by atoms with Crippen LogP contribution in [0.4, 0.5) is 4.79 Å². The molecule has 0 aliphatic heterocycles. The van der Waals surface area contributed by atoms with Crippen molar-refractivity contribution in [1.29, 1.82) is 0 Å². The fourth-order valence-electron chi connectivity index (χ4n) is 5.66. The summed E-state index contributed by atoms with van der Waals surface area (Å²) >= 11 is 0. The van der Waals surface area contributed by atoms with E-state index in [1.165, 1.54) is 26.4 Å². The van der Waals surface area contributed by atoms with Crippen LogP contribution in [-0.4, -0.2) is 81.8 Å². The topological polar surface area (TPSA) is 269 Å². The molecule has 4 rings (SSSR count). The Labute approximate surface area is 312 Å². The number of carbonyl (C=O) groups excluding carboxylic acids is 6. The van der Waals surface area contributed by atoms with Crippen LogP contribution in [0.15, 0.2) is 85.3 Å². The molecule has 54 heavy (non-hydrogen) atoms. The predicted octanol–water partition coefficient (Wildman–Crippen LogP) is 0.201. The van der Waals surface area contributed by atoms with Gasteiger partial charge in [0, 0.05) is 37.7 Å². The normalized spacial score (nSPS) is 13.5. The maximum Gasteiger partial charge on any atom is 0.312 e. The van der Waals surface area contributed by atoms with Gasteiger partial charge >= 0.3 is 6.03 Å². The summed E-state index contributed by atoms with van der Waals surface area (Å²) in [5.74, 6) is -3.46. The molecule has 0 aliphatic rings. The molecule has 3 aromatic carbocycles. The molecule has 7 amide bonds. The smallest absolute Gasteiger partial charge is 0.312 e. The monoisotopic (exact) mass is 740 g/mol. The zero-order valence-corrected chi connectivity index (χ0v) is 30.3. The molecule has 0 saturated carbocycles. The number of primary amides is 2. The van der Waals surface area contributed by atoms with Crippen molar-refractivity contribution in [3.8, 4) is 0 Å². The third-order valence-corrected chi connectivity index (χ3v) is 8.62. The van der Waals surface area contributed by atoms with Gasteiger partial charge in [-0.05, 0) is 48.6 Å². The van der Waals surface area contributed by atoms with E-state index in [0.29, 0.717) is 16.8 Å².